The second-order valence-electron chi connectivity index (χ2n) is 4.51. The summed E-state index contributed by atoms with van der Waals surface area (Å²) in [5, 5.41) is 0. The van der Waals surface area contributed by atoms with Crippen LogP contribution in [-0.2, 0) is 6.42 Å². The van der Waals surface area contributed by atoms with Crippen LogP contribution in [0.1, 0.15) is 42.2 Å². The molecular formula is C17H17IS. The number of benzene rings is 1. The Balaban J connectivity index is 1.97. The van der Waals surface area contributed by atoms with E-state index < -0.39 is 0 Å². The third-order valence-electron chi connectivity index (χ3n) is 2.93. The molecule has 0 aliphatic heterocycles. The van der Waals surface area contributed by atoms with Crippen LogP contribution in [0.5, 0.6) is 0 Å². The number of aryl methyl sites for hydroxylation is 1. The molecule has 19 heavy (non-hydrogen) atoms. The highest BCUT2D eigenvalue weighted by Crippen LogP contribution is 2.17. The monoisotopic (exact) mass is 380 g/mol. The molecule has 0 aliphatic rings. The second-order valence-corrected chi connectivity index (χ2v) is 7.49. The second kappa shape index (κ2) is 7.72. The molecule has 2 aromatic rings. The Labute approximate surface area is 133 Å². The Bertz CT molecular complexity index is 569. The maximum atomic E-state index is 3.23. The largest absolute Gasteiger partial charge is 0.121 e. The topological polar surface area (TPSA) is 0 Å². The van der Waals surface area contributed by atoms with Gasteiger partial charge >= 0.3 is 0 Å². The molecule has 0 atom stereocenters. The molecular weight excluding hydrogens is 363 g/mol. The van der Waals surface area contributed by atoms with Crippen LogP contribution in [0, 0.1) is 14.7 Å². The van der Waals surface area contributed by atoms with Crippen LogP contribution in [0.3, 0.4) is 0 Å². The van der Waals surface area contributed by atoms with E-state index in [1.807, 2.05) is 0 Å². The average Bonchev–Trinajstić information content (AvgIpc) is 2.84. The zero-order chi connectivity index (χ0) is 13.5. The molecule has 0 saturated carbocycles. The van der Waals surface area contributed by atoms with Gasteiger partial charge in [0.1, 0.15) is 0 Å². The van der Waals surface area contributed by atoms with Crippen LogP contribution in [0.2, 0.25) is 0 Å². The third kappa shape index (κ3) is 5.00. The summed E-state index contributed by atoms with van der Waals surface area (Å²) in [7, 11) is 0. The number of halogens is 1. The van der Waals surface area contributed by atoms with E-state index in [0.717, 1.165) is 10.4 Å². The fraction of sp³-hybridized carbons (Fsp3) is 0.294. The third-order valence-corrected chi connectivity index (χ3v) is 4.74. The molecule has 0 saturated heterocycles. The van der Waals surface area contributed by atoms with Gasteiger partial charge in [-0.15, -0.1) is 11.3 Å². The lowest BCUT2D eigenvalue weighted by Crippen LogP contribution is -1.85. The molecule has 1 heterocycles. The van der Waals surface area contributed by atoms with Gasteiger partial charge in [0.05, 0.1) is 7.76 Å². The van der Waals surface area contributed by atoms with E-state index in [9.17, 15) is 0 Å². The first kappa shape index (κ1) is 14.6. The van der Waals surface area contributed by atoms with Crippen molar-refractivity contribution in [1.82, 2.24) is 0 Å². The average molecular weight is 380 g/mol. The normalized spacial score (nSPS) is 10.0. The molecule has 0 spiro atoms. The lowest BCUT2D eigenvalue weighted by atomic mass is 10.1. The number of rotatable bonds is 4. The molecule has 98 valence electrons. The van der Waals surface area contributed by atoms with Crippen LogP contribution < -0.4 is 0 Å². The van der Waals surface area contributed by atoms with E-state index in [1.165, 1.54) is 34.1 Å². The minimum atomic E-state index is 1.10. The van der Waals surface area contributed by atoms with E-state index in [0.29, 0.717) is 0 Å². The van der Waals surface area contributed by atoms with Crippen LogP contribution in [-0.4, -0.2) is 0 Å². The molecule has 0 bridgehead atoms. The first-order valence-electron chi connectivity index (χ1n) is 6.64. The summed E-state index contributed by atoms with van der Waals surface area (Å²) in [4.78, 5) is 1.14. The van der Waals surface area contributed by atoms with Gasteiger partial charge in [0.15, 0.2) is 0 Å². The molecule has 0 radical (unpaired) electrons. The molecule has 0 nitrogen and oxygen atoms in total. The van der Waals surface area contributed by atoms with E-state index in [1.54, 1.807) is 11.3 Å². The minimum Gasteiger partial charge on any atom is -0.121 e. The van der Waals surface area contributed by atoms with Crippen molar-refractivity contribution in [2.75, 3.05) is 0 Å². The molecule has 2 heteroatoms. The lowest BCUT2D eigenvalue weighted by Gasteiger charge is -2.00. The molecule has 1 aromatic carbocycles. The number of hydrogen-bond donors (Lipinski definition) is 0. The number of thiophene rings is 1. The number of hydrogen-bond acceptors (Lipinski definition) is 1. The van der Waals surface area contributed by atoms with Crippen molar-refractivity contribution in [2.45, 2.75) is 32.6 Å². The number of unbranched alkanes of at least 4 members (excludes halogenated alkanes) is 2. The van der Waals surface area contributed by atoms with E-state index in [4.69, 9.17) is 0 Å². The molecule has 0 amide bonds. The van der Waals surface area contributed by atoms with Crippen LogP contribution in [0.4, 0.5) is 0 Å². The van der Waals surface area contributed by atoms with Crippen molar-refractivity contribution >= 4 is 33.9 Å². The molecule has 2 rings (SSSR count). The van der Waals surface area contributed by atoms with Gasteiger partial charge in [0.2, 0.25) is 0 Å². The molecule has 0 fully saturated rings. The van der Waals surface area contributed by atoms with Crippen molar-refractivity contribution in [3.05, 3.63) is 55.3 Å². The summed E-state index contributed by atoms with van der Waals surface area (Å²) in [6, 6.07) is 12.9. The van der Waals surface area contributed by atoms with Gasteiger partial charge in [0.25, 0.3) is 0 Å². The predicted octanol–water partition coefficient (Wildman–Crippen LogP) is 5.49. The summed E-state index contributed by atoms with van der Waals surface area (Å²) in [6.07, 6.45) is 5.07. The van der Waals surface area contributed by atoms with Crippen molar-refractivity contribution in [3.63, 3.8) is 0 Å². The minimum absolute atomic E-state index is 1.10. The summed E-state index contributed by atoms with van der Waals surface area (Å²) in [6.45, 7) is 2.24. The maximum absolute atomic E-state index is 3.23. The Morgan fingerprint density at radius 1 is 1.00 bits per heavy atom. The van der Waals surface area contributed by atoms with Crippen molar-refractivity contribution < 1.29 is 0 Å². The molecule has 0 N–H and O–H groups in total. The molecule has 0 aliphatic carbocycles. The highest BCUT2D eigenvalue weighted by molar-refractivity contribution is 14.1. The summed E-state index contributed by atoms with van der Waals surface area (Å²) in [5.41, 5.74) is 2.52. The first-order chi connectivity index (χ1) is 9.28. The van der Waals surface area contributed by atoms with Crippen LogP contribution in [0.25, 0.3) is 0 Å². The van der Waals surface area contributed by atoms with Crippen LogP contribution in [0.15, 0.2) is 36.4 Å². The van der Waals surface area contributed by atoms with Crippen molar-refractivity contribution in [1.29, 1.82) is 0 Å². The van der Waals surface area contributed by atoms with Gasteiger partial charge < -0.3 is 0 Å². The molecule has 1 aromatic heterocycles. The zero-order valence-electron chi connectivity index (χ0n) is 11.1. The summed E-state index contributed by atoms with van der Waals surface area (Å²) in [5.74, 6) is 6.44. The smallest absolute Gasteiger partial charge is 0.0783 e. The SMILES string of the molecule is CCCCCc1ccc(C#Cc2ccc(I)s2)cc1. The molecule has 0 unspecified atom stereocenters. The van der Waals surface area contributed by atoms with Crippen molar-refractivity contribution in [2.24, 2.45) is 0 Å². The summed E-state index contributed by atoms with van der Waals surface area (Å²) >= 11 is 4.06. The highest BCUT2D eigenvalue weighted by atomic mass is 127. The van der Waals surface area contributed by atoms with E-state index >= 15 is 0 Å². The van der Waals surface area contributed by atoms with Gasteiger partial charge in [-0.3, -0.25) is 0 Å². The van der Waals surface area contributed by atoms with E-state index in [-0.39, 0.29) is 0 Å². The van der Waals surface area contributed by atoms with E-state index in [2.05, 4.69) is 77.8 Å². The fourth-order valence-electron chi connectivity index (χ4n) is 1.85. The van der Waals surface area contributed by atoms with Gasteiger partial charge in [-0.25, -0.2) is 0 Å². The van der Waals surface area contributed by atoms with Gasteiger partial charge in [-0.2, -0.15) is 0 Å². The Hall–Kier alpha value is -0.790. The lowest BCUT2D eigenvalue weighted by molar-refractivity contribution is 0.717. The van der Waals surface area contributed by atoms with Gasteiger partial charge in [0, 0.05) is 5.56 Å². The fourth-order valence-corrected chi connectivity index (χ4v) is 3.32. The van der Waals surface area contributed by atoms with Crippen LogP contribution >= 0.6 is 33.9 Å². The quantitative estimate of drug-likeness (QED) is 0.374. The zero-order valence-corrected chi connectivity index (χ0v) is 14.1. The Morgan fingerprint density at radius 2 is 1.79 bits per heavy atom. The highest BCUT2D eigenvalue weighted by Gasteiger charge is 1.94. The first-order valence-corrected chi connectivity index (χ1v) is 8.54. The summed E-state index contributed by atoms with van der Waals surface area (Å²) < 4.78 is 1.29. The Kier molecular flexibility index (Phi) is 5.93. The standard InChI is InChI=1S/C17H17IS/c1-2-3-4-5-14-6-8-15(9-7-14)10-11-16-12-13-17(18)19-16/h6-9,12-13H,2-5H2,1H3. The van der Waals surface area contributed by atoms with Gasteiger partial charge in [-0.1, -0.05) is 43.7 Å². The maximum Gasteiger partial charge on any atom is 0.0783 e. The van der Waals surface area contributed by atoms with Crippen molar-refractivity contribution in [3.8, 4) is 11.8 Å². The predicted molar refractivity (Wildman–Crippen MR) is 92.7 cm³/mol. The Morgan fingerprint density at radius 3 is 2.42 bits per heavy atom. The van der Waals surface area contributed by atoms with Gasteiger partial charge in [-0.05, 0) is 65.3 Å².